The first-order valence-corrected chi connectivity index (χ1v) is 12.5. The second-order valence-electron chi connectivity index (χ2n) is 8.45. The van der Waals surface area contributed by atoms with Gasteiger partial charge < -0.3 is 9.72 Å². The normalized spacial score (nSPS) is 11.7. The number of carbonyl (C=O) groups is 1. The third-order valence-electron chi connectivity index (χ3n) is 5.95. The molecule has 0 atom stereocenters. The van der Waals surface area contributed by atoms with Gasteiger partial charge in [0.15, 0.2) is 0 Å². The molecule has 7 heteroatoms. The fraction of sp³-hybridized carbons (Fsp3) is 0.346. The van der Waals surface area contributed by atoms with Crippen molar-refractivity contribution in [2.24, 2.45) is 0 Å². The summed E-state index contributed by atoms with van der Waals surface area (Å²) in [4.78, 5) is 15.9. The van der Waals surface area contributed by atoms with E-state index in [0.717, 1.165) is 22.3 Å². The number of nitrogens with one attached hydrogen (secondary N) is 1. The van der Waals surface area contributed by atoms with Crippen molar-refractivity contribution in [3.8, 4) is 0 Å². The first-order chi connectivity index (χ1) is 15.5. The zero-order chi connectivity index (χ0) is 24.3. The highest BCUT2D eigenvalue weighted by molar-refractivity contribution is 7.89. The van der Waals surface area contributed by atoms with Crippen LogP contribution in [-0.4, -0.2) is 30.3 Å². The molecule has 1 heterocycles. The van der Waals surface area contributed by atoms with Crippen molar-refractivity contribution in [1.29, 1.82) is 0 Å². The molecule has 3 aromatic rings. The van der Waals surface area contributed by atoms with Crippen LogP contribution in [0.4, 0.5) is 0 Å². The van der Waals surface area contributed by atoms with E-state index in [0.29, 0.717) is 22.5 Å². The number of esters is 1. The van der Waals surface area contributed by atoms with Crippen LogP contribution in [0, 0.1) is 34.6 Å². The third-order valence-corrected chi connectivity index (χ3v) is 7.74. The number of benzene rings is 2. The highest BCUT2D eigenvalue weighted by atomic mass is 32.2. The van der Waals surface area contributed by atoms with Crippen molar-refractivity contribution < 1.29 is 17.9 Å². The number of aryl methyl sites for hydroxylation is 4. The number of ether oxygens (including phenoxy) is 1. The molecule has 1 aromatic heterocycles. The molecule has 0 saturated heterocycles. The van der Waals surface area contributed by atoms with Gasteiger partial charge in [0.25, 0.3) is 0 Å². The van der Waals surface area contributed by atoms with E-state index in [1.165, 1.54) is 4.31 Å². The van der Waals surface area contributed by atoms with Crippen LogP contribution in [0.1, 0.15) is 56.5 Å². The zero-order valence-corrected chi connectivity index (χ0v) is 21.0. The van der Waals surface area contributed by atoms with Crippen molar-refractivity contribution in [2.75, 3.05) is 6.61 Å². The van der Waals surface area contributed by atoms with Gasteiger partial charge >= 0.3 is 5.97 Å². The Morgan fingerprint density at radius 1 is 0.939 bits per heavy atom. The molecular formula is C26H32N2O4S. The van der Waals surface area contributed by atoms with Crippen LogP contribution in [-0.2, 0) is 27.8 Å². The lowest BCUT2D eigenvalue weighted by atomic mass is 10.1. The number of nitrogens with zero attached hydrogens (tertiary/aromatic N) is 1. The first kappa shape index (κ1) is 24.7. The molecular weight excluding hydrogens is 436 g/mol. The van der Waals surface area contributed by atoms with Gasteiger partial charge in [-0.2, -0.15) is 4.31 Å². The SMILES string of the molecule is CCOC(=O)c1c(C)[nH]c(CN(Cc2ccc(C)cc2)S(=O)(=O)c2ccc(C)c(C)c2)c1C. The number of H-pyrrole nitrogens is 1. The van der Waals surface area contributed by atoms with Gasteiger partial charge in [-0.05, 0) is 75.9 Å². The van der Waals surface area contributed by atoms with Crippen LogP contribution < -0.4 is 0 Å². The van der Waals surface area contributed by atoms with E-state index in [1.54, 1.807) is 26.0 Å². The van der Waals surface area contributed by atoms with Crippen LogP contribution in [0.3, 0.4) is 0 Å². The van der Waals surface area contributed by atoms with Crippen molar-refractivity contribution in [1.82, 2.24) is 9.29 Å². The Bertz CT molecular complexity index is 1260. The molecule has 6 nitrogen and oxygen atoms in total. The molecule has 0 radical (unpaired) electrons. The Balaban J connectivity index is 2.04. The van der Waals surface area contributed by atoms with Gasteiger partial charge in [0.05, 0.1) is 23.6 Å². The minimum absolute atomic E-state index is 0.106. The van der Waals surface area contributed by atoms with E-state index >= 15 is 0 Å². The molecule has 176 valence electrons. The second-order valence-corrected chi connectivity index (χ2v) is 10.4. The van der Waals surface area contributed by atoms with Crippen LogP contribution >= 0.6 is 0 Å². The molecule has 0 bridgehead atoms. The number of carbonyl (C=O) groups excluding carboxylic acids is 1. The number of hydrogen-bond acceptors (Lipinski definition) is 4. The lowest BCUT2D eigenvalue weighted by molar-refractivity contribution is 0.0525. The average molecular weight is 469 g/mol. The van der Waals surface area contributed by atoms with Crippen LogP contribution in [0.2, 0.25) is 0 Å². The summed E-state index contributed by atoms with van der Waals surface area (Å²) in [6, 6.07) is 13.0. The highest BCUT2D eigenvalue weighted by Crippen LogP contribution is 2.26. The molecule has 0 aliphatic carbocycles. The molecule has 2 aromatic carbocycles. The molecule has 0 saturated carbocycles. The van der Waals surface area contributed by atoms with Crippen LogP contribution in [0.25, 0.3) is 0 Å². The van der Waals surface area contributed by atoms with Gasteiger partial charge in [0.2, 0.25) is 10.0 Å². The Morgan fingerprint density at radius 3 is 2.21 bits per heavy atom. The quantitative estimate of drug-likeness (QED) is 0.465. The molecule has 0 amide bonds. The molecule has 0 aliphatic rings. The summed E-state index contributed by atoms with van der Waals surface area (Å²) >= 11 is 0. The molecule has 0 unspecified atom stereocenters. The molecule has 0 spiro atoms. The second kappa shape index (κ2) is 9.93. The van der Waals surface area contributed by atoms with Gasteiger partial charge in [-0.25, -0.2) is 13.2 Å². The van der Waals surface area contributed by atoms with E-state index in [4.69, 9.17) is 4.74 Å². The van der Waals surface area contributed by atoms with Gasteiger partial charge in [-0.3, -0.25) is 0 Å². The standard InChI is InChI=1S/C26H32N2O4S/c1-7-32-26(29)25-20(5)24(27-21(25)6)16-28(15-22-11-8-17(2)9-12-22)33(30,31)23-13-10-18(3)19(4)14-23/h8-14,27H,7,15-16H2,1-6H3. The minimum atomic E-state index is -3.80. The predicted molar refractivity (Wildman–Crippen MR) is 130 cm³/mol. The molecule has 1 N–H and O–H groups in total. The molecule has 3 rings (SSSR count). The Labute approximate surface area is 196 Å². The van der Waals surface area contributed by atoms with Gasteiger partial charge in [-0.15, -0.1) is 0 Å². The van der Waals surface area contributed by atoms with Crippen LogP contribution in [0.15, 0.2) is 47.4 Å². The maximum atomic E-state index is 13.7. The Kier molecular flexibility index (Phi) is 7.44. The summed E-state index contributed by atoms with van der Waals surface area (Å²) in [6.45, 7) is 11.8. The summed E-state index contributed by atoms with van der Waals surface area (Å²) in [5.74, 6) is -0.405. The third kappa shape index (κ3) is 5.37. The zero-order valence-electron chi connectivity index (χ0n) is 20.2. The summed E-state index contributed by atoms with van der Waals surface area (Å²) in [5.41, 5.74) is 6.46. The average Bonchev–Trinajstić information content (AvgIpc) is 3.04. The lowest BCUT2D eigenvalue weighted by Crippen LogP contribution is -2.31. The fourth-order valence-corrected chi connectivity index (χ4v) is 5.29. The minimum Gasteiger partial charge on any atom is -0.462 e. The van der Waals surface area contributed by atoms with Crippen molar-refractivity contribution in [3.05, 3.63) is 87.2 Å². The number of aromatic nitrogens is 1. The first-order valence-electron chi connectivity index (χ1n) is 11.0. The smallest absolute Gasteiger partial charge is 0.340 e. The lowest BCUT2D eigenvalue weighted by Gasteiger charge is -2.23. The maximum absolute atomic E-state index is 13.7. The number of rotatable bonds is 8. The number of aromatic amines is 1. The van der Waals surface area contributed by atoms with Gasteiger partial charge in [-0.1, -0.05) is 35.9 Å². The van der Waals surface area contributed by atoms with E-state index in [-0.39, 0.29) is 24.6 Å². The Hall–Kier alpha value is -2.90. The highest BCUT2D eigenvalue weighted by Gasteiger charge is 2.28. The van der Waals surface area contributed by atoms with Crippen molar-refractivity contribution in [2.45, 2.75) is 59.5 Å². The monoisotopic (exact) mass is 468 g/mol. The van der Waals surface area contributed by atoms with Crippen LogP contribution in [0.5, 0.6) is 0 Å². The number of sulfonamides is 1. The van der Waals surface area contributed by atoms with E-state index in [1.807, 2.05) is 58.0 Å². The predicted octanol–water partition coefficient (Wildman–Crippen LogP) is 5.12. The molecule has 0 fully saturated rings. The Morgan fingerprint density at radius 2 is 1.61 bits per heavy atom. The number of hydrogen-bond donors (Lipinski definition) is 1. The van der Waals surface area contributed by atoms with Crippen molar-refractivity contribution >= 4 is 16.0 Å². The van der Waals surface area contributed by atoms with Gasteiger partial charge in [0.1, 0.15) is 0 Å². The fourth-order valence-electron chi connectivity index (χ4n) is 3.81. The molecule has 0 aliphatic heterocycles. The van der Waals surface area contributed by atoms with E-state index in [2.05, 4.69) is 4.98 Å². The topological polar surface area (TPSA) is 79.5 Å². The summed E-state index contributed by atoms with van der Waals surface area (Å²) in [5, 5.41) is 0. The van der Waals surface area contributed by atoms with E-state index in [9.17, 15) is 13.2 Å². The summed E-state index contributed by atoms with van der Waals surface area (Å²) in [6.07, 6.45) is 0. The summed E-state index contributed by atoms with van der Waals surface area (Å²) in [7, 11) is -3.80. The van der Waals surface area contributed by atoms with Crippen molar-refractivity contribution in [3.63, 3.8) is 0 Å². The van der Waals surface area contributed by atoms with E-state index < -0.39 is 16.0 Å². The largest absolute Gasteiger partial charge is 0.462 e. The van der Waals surface area contributed by atoms with Gasteiger partial charge in [0, 0.05) is 17.9 Å². The molecule has 33 heavy (non-hydrogen) atoms. The maximum Gasteiger partial charge on any atom is 0.340 e. The summed E-state index contributed by atoms with van der Waals surface area (Å²) < 4.78 is 34.1.